The molecule has 4 aromatic rings. The maximum absolute atomic E-state index is 12.5. The van der Waals surface area contributed by atoms with E-state index in [0.29, 0.717) is 28.5 Å². The maximum Gasteiger partial charge on any atom is 0.343 e. The predicted octanol–water partition coefficient (Wildman–Crippen LogP) is 5.52. The highest BCUT2D eigenvalue weighted by molar-refractivity contribution is 7.92. The van der Waals surface area contributed by atoms with Gasteiger partial charge in [0, 0.05) is 16.3 Å². The number of rotatable bonds is 10. The van der Waals surface area contributed by atoms with Crippen molar-refractivity contribution < 1.29 is 27.5 Å². The Hall–Kier alpha value is -4.67. The number of benzene rings is 4. The summed E-state index contributed by atoms with van der Waals surface area (Å²) in [6.07, 6.45) is 1.41. The summed E-state index contributed by atoms with van der Waals surface area (Å²) in [4.78, 5) is 25.0. The molecule has 0 bridgehead atoms. The number of ether oxygens (including phenoxy) is 2. The molecule has 204 valence electrons. The normalized spacial score (nSPS) is 11.2. The second kappa shape index (κ2) is 12.9. The van der Waals surface area contributed by atoms with Crippen molar-refractivity contribution >= 4 is 45.4 Å². The Labute approximate surface area is 236 Å². The van der Waals surface area contributed by atoms with Crippen LogP contribution in [0.25, 0.3) is 0 Å². The van der Waals surface area contributed by atoms with Crippen LogP contribution in [-0.2, 0) is 10.0 Å². The molecule has 0 fully saturated rings. The Morgan fingerprint density at radius 3 is 2.25 bits per heavy atom. The number of hydrazone groups is 1. The quantitative estimate of drug-likeness (QED) is 0.111. The van der Waals surface area contributed by atoms with Crippen LogP contribution in [0.4, 0.5) is 5.69 Å². The van der Waals surface area contributed by atoms with Crippen LogP contribution in [0.5, 0.6) is 11.5 Å². The maximum atomic E-state index is 12.5. The SMILES string of the molecule is CCOc1cc(C=NNC(=O)c2ccc(NS(=O)(=O)c3ccc(Cl)cc3)cc2)ccc1OC(=O)c1ccccc1. The van der Waals surface area contributed by atoms with Gasteiger partial charge in [0.2, 0.25) is 0 Å². The molecule has 0 radical (unpaired) electrons. The molecule has 0 heterocycles. The van der Waals surface area contributed by atoms with Crippen LogP contribution >= 0.6 is 11.6 Å². The smallest absolute Gasteiger partial charge is 0.343 e. The van der Waals surface area contributed by atoms with Crippen molar-refractivity contribution in [3.63, 3.8) is 0 Å². The number of halogens is 1. The molecule has 0 spiro atoms. The third-order valence-electron chi connectivity index (χ3n) is 5.38. The van der Waals surface area contributed by atoms with E-state index in [1.165, 1.54) is 54.7 Å². The second-order valence-corrected chi connectivity index (χ2v) is 10.3. The third kappa shape index (κ3) is 7.46. The zero-order chi connectivity index (χ0) is 28.5. The van der Waals surface area contributed by atoms with Gasteiger partial charge in [-0.15, -0.1) is 0 Å². The van der Waals surface area contributed by atoms with Gasteiger partial charge in [0.05, 0.1) is 23.3 Å². The van der Waals surface area contributed by atoms with E-state index < -0.39 is 21.9 Å². The first-order valence-corrected chi connectivity index (χ1v) is 13.9. The molecule has 4 rings (SSSR count). The zero-order valence-corrected chi connectivity index (χ0v) is 22.8. The Kier molecular flexibility index (Phi) is 9.15. The molecule has 2 N–H and O–H groups in total. The number of amides is 1. The van der Waals surface area contributed by atoms with Crippen LogP contribution < -0.4 is 19.6 Å². The molecule has 0 saturated carbocycles. The van der Waals surface area contributed by atoms with Gasteiger partial charge in [0.15, 0.2) is 11.5 Å². The summed E-state index contributed by atoms with van der Waals surface area (Å²) in [6, 6.07) is 25.1. The molecule has 1 amide bonds. The fraction of sp³-hybridized carbons (Fsp3) is 0.0690. The summed E-state index contributed by atoms with van der Waals surface area (Å²) in [6.45, 7) is 2.15. The van der Waals surface area contributed by atoms with E-state index in [4.69, 9.17) is 21.1 Å². The summed E-state index contributed by atoms with van der Waals surface area (Å²) in [5.74, 6) is -0.414. The van der Waals surface area contributed by atoms with Crippen molar-refractivity contribution in [2.24, 2.45) is 5.10 Å². The van der Waals surface area contributed by atoms with Gasteiger partial charge in [-0.2, -0.15) is 5.10 Å². The Morgan fingerprint density at radius 2 is 1.57 bits per heavy atom. The van der Waals surface area contributed by atoms with Gasteiger partial charge in [0.25, 0.3) is 15.9 Å². The van der Waals surface area contributed by atoms with E-state index >= 15 is 0 Å². The van der Waals surface area contributed by atoms with Gasteiger partial charge in [-0.25, -0.2) is 18.6 Å². The fourth-order valence-corrected chi connectivity index (χ4v) is 4.62. The van der Waals surface area contributed by atoms with Crippen molar-refractivity contribution in [2.45, 2.75) is 11.8 Å². The number of esters is 1. The summed E-state index contributed by atoms with van der Waals surface area (Å²) in [5, 5.41) is 4.40. The van der Waals surface area contributed by atoms with Crippen molar-refractivity contribution in [3.8, 4) is 11.5 Å². The van der Waals surface area contributed by atoms with Crippen molar-refractivity contribution in [1.82, 2.24) is 5.43 Å². The van der Waals surface area contributed by atoms with Crippen LogP contribution in [0.15, 0.2) is 107 Å². The summed E-state index contributed by atoms with van der Waals surface area (Å²) >= 11 is 5.82. The lowest BCUT2D eigenvalue weighted by Gasteiger charge is -2.11. The first kappa shape index (κ1) is 28.3. The fourth-order valence-electron chi connectivity index (χ4n) is 3.44. The number of hydrogen-bond donors (Lipinski definition) is 2. The van der Waals surface area contributed by atoms with Gasteiger partial charge < -0.3 is 9.47 Å². The van der Waals surface area contributed by atoms with E-state index in [9.17, 15) is 18.0 Å². The summed E-state index contributed by atoms with van der Waals surface area (Å²) in [5.41, 5.74) is 3.97. The average molecular weight is 578 g/mol. The first-order chi connectivity index (χ1) is 19.2. The van der Waals surface area contributed by atoms with Crippen LogP contribution in [-0.4, -0.2) is 33.1 Å². The predicted molar refractivity (Wildman–Crippen MR) is 153 cm³/mol. The van der Waals surface area contributed by atoms with E-state index in [-0.39, 0.29) is 21.9 Å². The zero-order valence-electron chi connectivity index (χ0n) is 21.2. The topological polar surface area (TPSA) is 123 Å². The van der Waals surface area contributed by atoms with Gasteiger partial charge >= 0.3 is 5.97 Å². The Morgan fingerprint density at radius 1 is 0.875 bits per heavy atom. The van der Waals surface area contributed by atoms with E-state index in [2.05, 4.69) is 15.2 Å². The van der Waals surface area contributed by atoms with Crippen molar-refractivity contribution in [3.05, 3.63) is 119 Å². The molecule has 0 unspecified atom stereocenters. The van der Waals surface area contributed by atoms with Gasteiger partial charge in [-0.1, -0.05) is 29.8 Å². The van der Waals surface area contributed by atoms with Gasteiger partial charge in [-0.3, -0.25) is 9.52 Å². The highest BCUT2D eigenvalue weighted by Gasteiger charge is 2.15. The van der Waals surface area contributed by atoms with Gasteiger partial charge in [0.1, 0.15) is 0 Å². The lowest BCUT2D eigenvalue weighted by molar-refractivity contribution is 0.0728. The number of sulfonamides is 1. The molecular formula is C29H24ClN3O6S. The molecule has 0 aliphatic heterocycles. The monoisotopic (exact) mass is 577 g/mol. The van der Waals surface area contributed by atoms with Crippen molar-refractivity contribution in [1.29, 1.82) is 0 Å². The molecule has 0 saturated heterocycles. The highest BCUT2D eigenvalue weighted by atomic mass is 35.5. The molecule has 40 heavy (non-hydrogen) atoms. The Balaban J connectivity index is 1.37. The highest BCUT2D eigenvalue weighted by Crippen LogP contribution is 2.29. The minimum absolute atomic E-state index is 0.0583. The minimum Gasteiger partial charge on any atom is -0.490 e. The molecule has 4 aromatic carbocycles. The molecule has 9 nitrogen and oxygen atoms in total. The average Bonchev–Trinajstić information content (AvgIpc) is 2.95. The third-order valence-corrected chi connectivity index (χ3v) is 7.03. The lowest BCUT2D eigenvalue weighted by atomic mass is 10.2. The first-order valence-electron chi connectivity index (χ1n) is 12.0. The summed E-state index contributed by atoms with van der Waals surface area (Å²) in [7, 11) is -3.81. The standard InChI is InChI=1S/C29H24ClN3O6S/c1-2-38-27-18-20(8-17-26(27)39-29(35)22-6-4-3-5-7-22)19-31-32-28(34)21-9-13-24(14-10-21)33-40(36,37)25-15-11-23(30)12-16-25/h3-19,33H,2H2,1H3,(H,32,34). The number of nitrogens with one attached hydrogen (secondary N) is 2. The summed E-state index contributed by atoms with van der Waals surface area (Å²) < 4.78 is 38.6. The van der Waals surface area contributed by atoms with Crippen molar-refractivity contribution in [2.75, 3.05) is 11.3 Å². The molecule has 11 heteroatoms. The van der Waals surface area contributed by atoms with Crippen LogP contribution in [0.3, 0.4) is 0 Å². The molecule has 0 aliphatic carbocycles. The number of anilines is 1. The van der Waals surface area contributed by atoms with E-state index in [1.54, 1.807) is 55.5 Å². The van der Waals surface area contributed by atoms with Crippen LogP contribution in [0.1, 0.15) is 33.2 Å². The van der Waals surface area contributed by atoms with Crippen LogP contribution in [0.2, 0.25) is 5.02 Å². The largest absolute Gasteiger partial charge is 0.490 e. The lowest BCUT2D eigenvalue weighted by Crippen LogP contribution is -2.18. The number of hydrogen-bond acceptors (Lipinski definition) is 7. The minimum atomic E-state index is -3.81. The van der Waals surface area contributed by atoms with E-state index in [1.807, 2.05) is 0 Å². The Bertz CT molecular complexity index is 1630. The van der Waals surface area contributed by atoms with E-state index in [0.717, 1.165) is 0 Å². The van der Waals surface area contributed by atoms with Gasteiger partial charge in [-0.05, 0) is 91.3 Å². The molecular weight excluding hydrogens is 554 g/mol. The molecule has 0 aromatic heterocycles. The van der Waals surface area contributed by atoms with Crippen LogP contribution in [0, 0.1) is 0 Å². The number of nitrogens with zero attached hydrogens (tertiary/aromatic N) is 1. The second-order valence-electron chi connectivity index (χ2n) is 8.23. The molecule has 0 aliphatic rings. The number of carbonyl (C=O) groups is 2. The molecule has 0 atom stereocenters. The number of carbonyl (C=O) groups excluding carboxylic acids is 2.